The van der Waals surface area contributed by atoms with Crippen molar-refractivity contribution in [3.8, 4) is 0 Å². The zero-order valence-electron chi connectivity index (χ0n) is 22.1. The van der Waals surface area contributed by atoms with Gasteiger partial charge in [0.15, 0.2) is 5.82 Å². The quantitative estimate of drug-likeness (QED) is 0.575. The maximum Gasteiger partial charge on any atom is 0.416 e. The van der Waals surface area contributed by atoms with Crippen molar-refractivity contribution >= 4 is 17.5 Å². The molecule has 11 heteroatoms. The molecule has 3 fully saturated rings. The molecule has 2 aromatic rings. The zero-order chi connectivity index (χ0) is 27.1. The van der Waals surface area contributed by atoms with Crippen molar-refractivity contribution in [2.24, 2.45) is 0 Å². The summed E-state index contributed by atoms with van der Waals surface area (Å²) in [7, 11) is 1.72. The number of likely N-dealkylation sites (tertiary alicyclic amines) is 2. The number of alkyl halides is 3. The predicted molar refractivity (Wildman–Crippen MR) is 139 cm³/mol. The van der Waals surface area contributed by atoms with E-state index in [9.17, 15) is 23.1 Å². The number of amides is 1. The number of aliphatic hydroxyl groups is 1. The molecule has 8 nitrogen and oxygen atoms in total. The summed E-state index contributed by atoms with van der Waals surface area (Å²) < 4.78 is 41.8. The van der Waals surface area contributed by atoms with E-state index in [4.69, 9.17) is 0 Å². The molecule has 1 amide bonds. The first-order valence-corrected chi connectivity index (χ1v) is 13.5. The van der Waals surface area contributed by atoms with E-state index >= 15 is 0 Å². The monoisotopic (exact) mass is 534 g/mol. The lowest BCUT2D eigenvalue weighted by molar-refractivity contribution is -0.137. The van der Waals surface area contributed by atoms with Crippen LogP contribution in [0.1, 0.15) is 56.6 Å². The van der Waals surface area contributed by atoms with Crippen molar-refractivity contribution in [2.75, 3.05) is 49.6 Å². The largest absolute Gasteiger partial charge is 0.416 e. The first-order chi connectivity index (χ1) is 18.1. The molecular weight excluding hydrogens is 497 g/mol. The minimum absolute atomic E-state index is 0.0520. The fourth-order valence-electron chi connectivity index (χ4n) is 6.20. The molecule has 1 aromatic heterocycles. The Balaban J connectivity index is 1.28. The lowest BCUT2D eigenvalue weighted by atomic mass is 9.84. The van der Waals surface area contributed by atoms with Crippen LogP contribution in [0.2, 0.25) is 0 Å². The number of nitrogens with zero attached hydrogens (tertiary/aromatic N) is 6. The average molecular weight is 535 g/mol. The average Bonchev–Trinajstić information content (AvgIpc) is 3.66. The van der Waals surface area contributed by atoms with E-state index in [-0.39, 0.29) is 11.6 Å². The second kappa shape index (κ2) is 10.4. The summed E-state index contributed by atoms with van der Waals surface area (Å²) in [5.41, 5.74) is 1.02. The van der Waals surface area contributed by atoms with Gasteiger partial charge in [-0.3, -0.25) is 4.90 Å². The van der Waals surface area contributed by atoms with Gasteiger partial charge in [-0.1, -0.05) is 6.07 Å². The molecule has 1 unspecified atom stereocenters. The first kappa shape index (κ1) is 26.8. The van der Waals surface area contributed by atoms with Crippen molar-refractivity contribution in [1.29, 1.82) is 0 Å². The number of aliphatic hydroxyl groups excluding tert-OH is 1. The van der Waals surface area contributed by atoms with Crippen LogP contribution in [0, 0.1) is 0 Å². The van der Waals surface area contributed by atoms with Gasteiger partial charge in [-0.05, 0) is 69.7 Å². The summed E-state index contributed by atoms with van der Waals surface area (Å²) in [6, 6.07) is 5.73. The number of hydrogen-bond donors (Lipinski definition) is 1. The number of halogens is 3. The molecule has 208 valence electrons. The molecule has 4 heterocycles. The lowest BCUT2D eigenvalue weighted by Gasteiger charge is -2.45. The van der Waals surface area contributed by atoms with E-state index in [1.54, 1.807) is 37.2 Å². The molecule has 1 atom stereocenters. The van der Waals surface area contributed by atoms with E-state index in [1.165, 1.54) is 16.8 Å². The molecule has 0 bridgehead atoms. The Bertz CT molecular complexity index is 1140. The maximum absolute atomic E-state index is 13.5. The van der Waals surface area contributed by atoms with Gasteiger partial charge in [0.05, 0.1) is 5.56 Å². The molecule has 5 rings (SSSR count). The van der Waals surface area contributed by atoms with E-state index in [0.29, 0.717) is 31.1 Å². The number of aromatic nitrogens is 2. The summed E-state index contributed by atoms with van der Waals surface area (Å²) in [5.74, 6) is 0.522. The van der Waals surface area contributed by atoms with Crippen LogP contribution in [0.25, 0.3) is 0 Å². The van der Waals surface area contributed by atoms with Gasteiger partial charge in [-0.15, -0.1) is 5.10 Å². The maximum atomic E-state index is 13.5. The number of anilines is 2. The van der Waals surface area contributed by atoms with Crippen LogP contribution in [-0.4, -0.2) is 82.3 Å². The number of benzene rings is 1. The summed E-state index contributed by atoms with van der Waals surface area (Å²) in [6.07, 6.45) is 2.25. The Morgan fingerprint density at radius 1 is 1.08 bits per heavy atom. The third-order valence-corrected chi connectivity index (χ3v) is 8.62. The Hall–Kier alpha value is -2.79. The van der Waals surface area contributed by atoms with Gasteiger partial charge in [0.2, 0.25) is 0 Å². The Morgan fingerprint density at radius 3 is 2.45 bits per heavy atom. The molecule has 0 saturated carbocycles. The van der Waals surface area contributed by atoms with Crippen molar-refractivity contribution < 1.29 is 23.1 Å². The van der Waals surface area contributed by atoms with Gasteiger partial charge >= 0.3 is 12.2 Å². The topological polar surface area (TPSA) is 68.1 Å². The van der Waals surface area contributed by atoms with Crippen LogP contribution in [0.15, 0.2) is 30.5 Å². The number of carbonyl (C=O) groups is 1. The van der Waals surface area contributed by atoms with E-state index in [0.717, 1.165) is 63.7 Å². The van der Waals surface area contributed by atoms with Gasteiger partial charge in [0.25, 0.3) is 0 Å². The summed E-state index contributed by atoms with van der Waals surface area (Å²) in [5, 5.41) is 14.1. The molecule has 0 aliphatic carbocycles. The Morgan fingerprint density at radius 2 is 1.79 bits per heavy atom. The van der Waals surface area contributed by atoms with Gasteiger partial charge in [0, 0.05) is 63.3 Å². The molecule has 1 spiro atoms. The predicted octanol–water partition coefficient (Wildman–Crippen LogP) is 4.38. The molecule has 3 saturated heterocycles. The summed E-state index contributed by atoms with van der Waals surface area (Å²) in [4.78, 5) is 21.1. The van der Waals surface area contributed by atoms with Crippen molar-refractivity contribution in [2.45, 2.75) is 69.9 Å². The second-order valence-corrected chi connectivity index (χ2v) is 10.9. The molecule has 0 radical (unpaired) electrons. The van der Waals surface area contributed by atoms with Crippen LogP contribution >= 0.6 is 0 Å². The van der Waals surface area contributed by atoms with E-state index < -0.39 is 18.0 Å². The fraction of sp³-hybridized carbons (Fsp3) is 0.630. The molecular formula is C27H37F3N6O2. The Kier molecular flexibility index (Phi) is 7.34. The molecule has 3 aliphatic rings. The number of rotatable bonds is 5. The number of carbonyl (C=O) groups excluding carboxylic acids is 1. The highest BCUT2D eigenvalue weighted by molar-refractivity contribution is 5.76. The van der Waals surface area contributed by atoms with Crippen LogP contribution in [0.5, 0.6) is 0 Å². The van der Waals surface area contributed by atoms with Crippen LogP contribution < -0.4 is 9.80 Å². The van der Waals surface area contributed by atoms with Crippen LogP contribution in [-0.2, 0) is 12.7 Å². The second-order valence-electron chi connectivity index (χ2n) is 10.9. The summed E-state index contributed by atoms with van der Waals surface area (Å²) in [6.45, 7) is 5.94. The smallest absolute Gasteiger partial charge is 0.374 e. The van der Waals surface area contributed by atoms with Crippen molar-refractivity contribution in [1.82, 2.24) is 19.6 Å². The normalized spacial score (nSPS) is 20.9. The van der Waals surface area contributed by atoms with Gasteiger partial charge in [0.1, 0.15) is 6.23 Å². The van der Waals surface area contributed by atoms with Gasteiger partial charge in [-0.2, -0.15) is 17.9 Å². The molecule has 1 N–H and O–H groups in total. The SMILES string of the molecule is CC(O)N(C)c1ccn(C(=O)N2CCC3(CCCN3Cc3ccc(C(F)(F)F)cc3N3CCCC3)CC2)n1. The van der Waals surface area contributed by atoms with Gasteiger partial charge in [-0.25, -0.2) is 4.79 Å². The number of piperidine rings is 1. The number of hydrogen-bond acceptors (Lipinski definition) is 6. The summed E-state index contributed by atoms with van der Waals surface area (Å²) >= 11 is 0. The van der Waals surface area contributed by atoms with E-state index in [1.807, 2.05) is 4.90 Å². The van der Waals surface area contributed by atoms with E-state index in [2.05, 4.69) is 14.9 Å². The highest BCUT2D eigenvalue weighted by Gasteiger charge is 2.44. The molecule has 3 aliphatic heterocycles. The standard InChI is InChI=1S/C27H37F3N6O2/c1-20(37)32(2)24-8-15-36(31-24)25(38)34-16-10-26(11-17-34)9-5-14-35(26)19-21-6-7-22(27(28,29)30)18-23(21)33-12-3-4-13-33/h6-8,15,18,20,37H,3-5,9-14,16-17,19H2,1-2H3. The zero-order valence-corrected chi connectivity index (χ0v) is 22.1. The lowest BCUT2D eigenvalue weighted by Crippen LogP contribution is -2.53. The van der Waals surface area contributed by atoms with Crippen molar-refractivity contribution in [3.63, 3.8) is 0 Å². The third kappa shape index (κ3) is 5.22. The minimum atomic E-state index is -4.36. The highest BCUT2D eigenvalue weighted by atomic mass is 19.4. The van der Waals surface area contributed by atoms with Gasteiger partial charge < -0.3 is 19.8 Å². The first-order valence-electron chi connectivity index (χ1n) is 13.5. The van der Waals surface area contributed by atoms with Crippen LogP contribution in [0.3, 0.4) is 0 Å². The highest BCUT2D eigenvalue weighted by Crippen LogP contribution is 2.41. The molecule has 38 heavy (non-hydrogen) atoms. The Labute approximate surface area is 221 Å². The fourth-order valence-corrected chi connectivity index (χ4v) is 6.20. The third-order valence-electron chi connectivity index (χ3n) is 8.62. The van der Waals surface area contributed by atoms with Crippen molar-refractivity contribution in [3.05, 3.63) is 41.6 Å². The van der Waals surface area contributed by atoms with Crippen LogP contribution in [0.4, 0.5) is 29.5 Å². The minimum Gasteiger partial charge on any atom is -0.374 e. The molecule has 1 aromatic carbocycles.